The minimum atomic E-state index is 0.652. The maximum Gasteiger partial charge on any atom is 0.231 e. The third-order valence-electron chi connectivity index (χ3n) is 4.26. The molecular weight excluding hydrogens is 346 g/mol. The highest BCUT2D eigenvalue weighted by Gasteiger charge is 2.15. The fourth-order valence-corrected chi connectivity index (χ4v) is 3.90. The standard InChI is InChI=1S/C19H15N5OS/c1-12-15(20-17(25-12)13-7-3-2-4-8-13)11-26-19-23-22-18-21-14-9-5-6-10-16(14)24(18)19/h2-10H,11H2,1H3,(H,21,22). The van der Waals surface area contributed by atoms with Gasteiger partial charge in [0.25, 0.3) is 0 Å². The fourth-order valence-electron chi connectivity index (χ4n) is 2.94. The number of hydrogen-bond acceptors (Lipinski definition) is 5. The molecule has 0 saturated heterocycles. The summed E-state index contributed by atoms with van der Waals surface area (Å²) in [7, 11) is 0. The van der Waals surface area contributed by atoms with Gasteiger partial charge in [0.2, 0.25) is 11.7 Å². The number of thioether (sulfide) groups is 1. The molecule has 0 aliphatic rings. The first-order valence-corrected chi connectivity index (χ1v) is 9.24. The van der Waals surface area contributed by atoms with Gasteiger partial charge >= 0.3 is 0 Å². The number of benzene rings is 2. The Bertz CT molecular complexity index is 1200. The highest BCUT2D eigenvalue weighted by Crippen LogP contribution is 2.28. The van der Waals surface area contributed by atoms with Crippen LogP contribution in [0.1, 0.15) is 11.5 Å². The number of imidazole rings is 1. The van der Waals surface area contributed by atoms with E-state index in [1.165, 1.54) is 0 Å². The van der Waals surface area contributed by atoms with Crippen LogP contribution >= 0.6 is 11.8 Å². The molecule has 0 fully saturated rings. The van der Waals surface area contributed by atoms with Crippen LogP contribution in [0.25, 0.3) is 28.3 Å². The molecule has 3 heterocycles. The molecule has 0 saturated carbocycles. The Labute approximate surface area is 153 Å². The smallest absolute Gasteiger partial charge is 0.231 e. The van der Waals surface area contributed by atoms with E-state index in [1.54, 1.807) is 11.8 Å². The zero-order chi connectivity index (χ0) is 17.5. The van der Waals surface area contributed by atoms with Crippen molar-refractivity contribution < 1.29 is 4.42 Å². The molecule has 26 heavy (non-hydrogen) atoms. The summed E-state index contributed by atoms with van der Waals surface area (Å²) < 4.78 is 7.88. The molecule has 0 unspecified atom stereocenters. The number of para-hydroxylation sites is 2. The number of H-pyrrole nitrogens is 1. The Balaban J connectivity index is 1.45. The normalized spacial score (nSPS) is 11.6. The first-order chi connectivity index (χ1) is 12.8. The number of oxazole rings is 1. The molecule has 5 rings (SSSR count). The summed E-state index contributed by atoms with van der Waals surface area (Å²) in [6.45, 7) is 1.95. The van der Waals surface area contributed by atoms with Gasteiger partial charge in [0, 0.05) is 11.3 Å². The summed E-state index contributed by atoms with van der Waals surface area (Å²) in [6, 6.07) is 18.0. The minimum absolute atomic E-state index is 0.652. The average molecular weight is 361 g/mol. The van der Waals surface area contributed by atoms with Gasteiger partial charge in [-0.1, -0.05) is 42.1 Å². The van der Waals surface area contributed by atoms with Crippen molar-refractivity contribution in [2.75, 3.05) is 0 Å². The van der Waals surface area contributed by atoms with Gasteiger partial charge in [-0.05, 0) is 31.2 Å². The number of hydrogen-bond donors (Lipinski definition) is 1. The Kier molecular flexibility index (Phi) is 3.53. The molecule has 0 atom stereocenters. The maximum absolute atomic E-state index is 5.84. The molecule has 0 aliphatic heterocycles. The number of fused-ring (bicyclic) bond motifs is 3. The molecule has 7 heteroatoms. The average Bonchev–Trinajstić information content (AvgIpc) is 3.34. The number of nitrogens with zero attached hydrogens (tertiary/aromatic N) is 4. The van der Waals surface area contributed by atoms with Crippen molar-refractivity contribution >= 4 is 28.6 Å². The van der Waals surface area contributed by atoms with E-state index in [0.29, 0.717) is 11.6 Å². The van der Waals surface area contributed by atoms with Crippen molar-refractivity contribution in [2.24, 2.45) is 0 Å². The molecule has 0 aliphatic carbocycles. The van der Waals surface area contributed by atoms with Crippen LogP contribution in [-0.2, 0) is 5.75 Å². The molecule has 0 radical (unpaired) electrons. The largest absolute Gasteiger partial charge is 0.441 e. The van der Waals surface area contributed by atoms with Gasteiger partial charge in [-0.2, -0.15) is 0 Å². The molecule has 0 amide bonds. The van der Waals surface area contributed by atoms with Gasteiger partial charge in [-0.15, -0.1) is 5.10 Å². The third-order valence-corrected chi connectivity index (χ3v) is 5.20. The topological polar surface area (TPSA) is 72.0 Å². The van der Waals surface area contributed by atoms with E-state index in [-0.39, 0.29) is 0 Å². The second-order valence-electron chi connectivity index (χ2n) is 5.94. The van der Waals surface area contributed by atoms with Gasteiger partial charge in [0.05, 0.1) is 16.7 Å². The van der Waals surface area contributed by atoms with E-state index in [4.69, 9.17) is 4.42 Å². The second kappa shape index (κ2) is 6.03. The summed E-state index contributed by atoms with van der Waals surface area (Å²) in [5, 5.41) is 8.25. The lowest BCUT2D eigenvalue weighted by molar-refractivity contribution is 0.540. The Hall–Kier alpha value is -3.06. The summed E-state index contributed by atoms with van der Waals surface area (Å²) >= 11 is 1.61. The van der Waals surface area contributed by atoms with Crippen LogP contribution in [0.15, 0.2) is 64.2 Å². The lowest BCUT2D eigenvalue weighted by atomic mass is 10.2. The van der Waals surface area contributed by atoms with Crippen molar-refractivity contribution in [3.8, 4) is 11.5 Å². The van der Waals surface area contributed by atoms with Crippen LogP contribution in [-0.4, -0.2) is 24.6 Å². The molecular formula is C19H15N5OS. The van der Waals surface area contributed by atoms with Gasteiger partial charge in [-0.3, -0.25) is 4.40 Å². The molecule has 3 aromatic heterocycles. The van der Waals surface area contributed by atoms with Gasteiger partial charge < -0.3 is 4.42 Å². The van der Waals surface area contributed by atoms with Gasteiger partial charge in [0.1, 0.15) is 5.76 Å². The van der Waals surface area contributed by atoms with E-state index >= 15 is 0 Å². The highest BCUT2D eigenvalue weighted by atomic mass is 32.2. The Morgan fingerprint density at radius 1 is 1.04 bits per heavy atom. The van der Waals surface area contributed by atoms with Crippen LogP contribution < -0.4 is 0 Å². The fraction of sp³-hybridized carbons (Fsp3) is 0.105. The van der Waals surface area contributed by atoms with Crippen molar-refractivity contribution in [1.29, 1.82) is 0 Å². The highest BCUT2D eigenvalue weighted by molar-refractivity contribution is 7.98. The molecule has 0 bridgehead atoms. The van der Waals surface area contributed by atoms with Crippen molar-refractivity contribution in [3.63, 3.8) is 0 Å². The maximum atomic E-state index is 5.84. The van der Waals surface area contributed by atoms with Crippen LogP contribution in [0.3, 0.4) is 0 Å². The molecule has 128 valence electrons. The number of rotatable bonds is 4. The minimum Gasteiger partial charge on any atom is -0.441 e. The summed E-state index contributed by atoms with van der Waals surface area (Å²) in [4.78, 5) is 9.21. The second-order valence-corrected chi connectivity index (χ2v) is 6.88. The molecule has 0 spiro atoms. The number of aryl methyl sites for hydroxylation is 1. The lowest BCUT2D eigenvalue weighted by Gasteiger charge is -1.97. The number of aromatic amines is 1. The summed E-state index contributed by atoms with van der Waals surface area (Å²) in [6.07, 6.45) is 0. The zero-order valence-electron chi connectivity index (χ0n) is 14.0. The SMILES string of the molecule is Cc1oc(-c2ccccc2)nc1CSc1n[nH]c2nc3ccccc3n12. The first kappa shape index (κ1) is 15.2. The Morgan fingerprint density at radius 3 is 2.73 bits per heavy atom. The predicted octanol–water partition coefficient (Wildman–Crippen LogP) is 4.47. The van der Waals surface area contributed by atoms with E-state index in [2.05, 4.69) is 20.2 Å². The summed E-state index contributed by atoms with van der Waals surface area (Å²) in [5.74, 6) is 2.90. The molecule has 5 aromatic rings. The quantitative estimate of drug-likeness (QED) is 0.478. The molecule has 6 nitrogen and oxygen atoms in total. The summed E-state index contributed by atoms with van der Waals surface area (Å²) in [5.41, 5.74) is 3.90. The number of nitrogens with one attached hydrogen (secondary N) is 1. The van der Waals surface area contributed by atoms with Gasteiger partial charge in [0.15, 0.2) is 5.16 Å². The lowest BCUT2D eigenvalue weighted by Crippen LogP contribution is -1.89. The van der Waals surface area contributed by atoms with E-state index < -0.39 is 0 Å². The van der Waals surface area contributed by atoms with Crippen LogP contribution in [0, 0.1) is 6.92 Å². The van der Waals surface area contributed by atoms with E-state index in [1.807, 2.05) is 65.9 Å². The predicted molar refractivity (Wildman–Crippen MR) is 101 cm³/mol. The van der Waals surface area contributed by atoms with E-state index in [9.17, 15) is 0 Å². The van der Waals surface area contributed by atoms with E-state index in [0.717, 1.165) is 39.0 Å². The monoisotopic (exact) mass is 361 g/mol. The number of aromatic nitrogens is 5. The molecule has 2 aromatic carbocycles. The van der Waals surface area contributed by atoms with Crippen LogP contribution in [0.4, 0.5) is 0 Å². The van der Waals surface area contributed by atoms with Crippen molar-refractivity contribution in [3.05, 3.63) is 66.1 Å². The third kappa shape index (κ3) is 2.48. The van der Waals surface area contributed by atoms with Crippen LogP contribution in [0.2, 0.25) is 0 Å². The zero-order valence-corrected chi connectivity index (χ0v) is 14.8. The van der Waals surface area contributed by atoms with Crippen LogP contribution in [0.5, 0.6) is 0 Å². The van der Waals surface area contributed by atoms with Gasteiger partial charge in [-0.25, -0.2) is 15.1 Å². The van der Waals surface area contributed by atoms with Crippen molar-refractivity contribution in [2.45, 2.75) is 17.8 Å². The Morgan fingerprint density at radius 2 is 1.85 bits per heavy atom. The molecule has 1 N–H and O–H groups in total. The van der Waals surface area contributed by atoms with Crippen molar-refractivity contribution in [1.82, 2.24) is 24.6 Å². The first-order valence-electron chi connectivity index (χ1n) is 8.26.